The van der Waals surface area contributed by atoms with Crippen LogP contribution >= 0.6 is 0 Å². The van der Waals surface area contributed by atoms with Gasteiger partial charge in [-0.15, -0.1) is 0 Å². The van der Waals surface area contributed by atoms with Crippen LogP contribution in [0.2, 0.25) is 0 Å². The van der Waals surface area contributed by atoms with Crippen LogP contribution in [0.3, 0.4) is 0 Å². The van der Waals surface area contributed by atoms with Crippen LogP contribution in [-0.4, -0.2) is 65.4 Å². The first kappa shape index (κ1) is 24.2. The predicted octanol–water partition coefficient (Wildman–Crippen LogP) is 3.25. The molecule has 2 saturated heterocycles. The summed E-state index contributed by atoms with van der Waals surface area (Å²) in [6.45, 7) is 4.23. The normalized spacial score (nSPS) is 27.6. The van der Waals surface area contributed by atoms with Crippen LogP contribution in [-0.2, 0) is 4.79 Å². The zero-order chi connectivity index (χ0) is 23.9. The van der Waals surface area contributed by atoms with Gasteiger partial charge in [-0.3, -0.25) is 4.79 Å². The Morgan fingerprint density at radius 1 is 1.18 bits per heavy atom. The number of nitriles is 1. The molecule has 2 saturated carbocycles. The van der Waals surface area contributed by atoms with Crippen LogP contribution < -0.4 is 11.1 Å². The summed E-state index contributed by atoms with van der Waals surface area (Å²) in [6, 6.07) is 2.22. The molecule has 0 aromatic rings. The fourth-order valence-corrected chi connectivity index (χ4v) is 6.14. The molecule has 4 fully saturated rings. The molecular formula is C24H37F2N5O2. The molecule has 0 bridgehead atoms. The maximum atomic E-state index is 14.9. The van der Waals surface area contributed by atoms with E-state index in [1.165, 1.54) is 17.7 Å². The van der Waals surface area contributed by atoms with Gasteiger partial charge in [0.15, 0.2) is 0 Å². The minimum absolute atomic E-state index is 0.221. The molecule has 9 heteroatoms. The number of hydrogen-bond acceptors (Lipinski definition) is 4. The number of alkyl halides is 2. The number of carbonyl (C=O) groups excluding carboxylic acids is 2. The number of halogens is 2. The molecule has 2 aliphatic heterocycles. The zero-order valence-electron chi connectivity index (χ0n) is 19.6. The van der Waals surface area contributed by atoms with Gasteiger partial charge in [0, 0.05) is 37.9 Å². The summed E-state index contributed by atoms with van der Waals surface area (Å²) in [4.78, 5) is 29.5. The van der Waals surface area contributed by atoms with Crippen molar-refractivity contribution in [2.24, 2.45) is 23.0 Å². The molecule has 3 N–H and O–H groups in total. The topological polar surface area (TPSA) is 102 Å². The Hall–Kier alpha value is -1.95. The van der Waals surface area contributed by atoms with Gasteiger partial charge >= 0.3 is 6.03 Å². The summed E-state index contributed by atoms with van der Waals surface area (Å²) >= 11 is 0. The number of nitrogens with zero attached hydrogens (tertiary/aromatic N) is 3. The Kier molecular flexibility index (Phi) is 6.60. The van der Waals surface area contributed by atoms with Gasteiger partial charge in [-0.1, -0.05) is 13.3 Å². The lowest BCUT2D eigenvalue weighted by Crippen LogP contribution is -2.59. The van der Waals surface area contributed by atoms with Gasteiger partial charge in [-0.05, 0) is 69.4 Å². The number of carbonyl (C=O) groups is 2. The molecule has 1 spiro atoms. The van der Waals surface area contributed by atoms with E-state index >= 15 is 0 Å². The lowest BCUT2D eigenvalue weighted by molar-refractivity contribution is -0.140. The molecule has 0 radical (unpaired) electrons. The van der Waals surface area contributed by atoms with E-state index in [2.05, 4.69) is 16.3 Å². The van der Waals surface area contributed by atoms with Crippen molar-refractivity contribution >= 4 is 11.9 Å². The zero-order valence-corrected chi connectivity index (χ0v) is 19.6. The molecule has 4 aliphatic rings. The van der Waals surface area contributed by atoms with E-state index in [0.29, 0.717) is 38.3 Å². The summed E-state index contributed by atoms with van der Waals surface area (Å²) in [7, 11) is 0. The first-order valence-corrected chi connectivity index (χ1v) is 12.5. The van der Waals surface area contributed by atoms with Gasteiger partial charge in [-0.25, -0.2) is 13.6 Å². The number of primary amides is 1. The molecule has 2 heterocycles. The summed E-state index contributed by atoms with van der Waals surface area (Å²) in [6.07, 6.45) is 5.37. The van der Waals surface area contributed by atoms with E-state index in [1.54, 1.807) is 6.92 Å². The van der Waals surface area contributed by atoms with Crippen molar-refractivity contribution in [3.8, 4) is 6.07 Å². The fourth-order valence-electron chi connectivity index (χ4n) is 6.14. The third kappa shape index (κ3) is 5.26. The SMILES string of the molecule is CCCC(F)(F)C[C@H](C(=O)NC1(C#N)CC1)C1CN(C(N)=O)CCC12CCN(C1CC1)CC2. The highest BCUT2D eigenvalue weighted by atomic mass is 19.3. The smallest absolute Gasteiger partial charge is 0.314 e. The number of rotatable bonds is 8. The van der Waals surface area contributed by atoms with Crippen molar-refractivity contribution in [2.45, 2.75) is 88.6 Å². The Labute approximate surface area is 195 Å². The first-order chi connectivity index (χ1) is 15.6. The Bertz CT molecular complexity index is 797. The van der Waals surface area contributed by atoms with Gasteiger partial charge in [0.2, 0.25) is 11.8 Å². The summed E-state index contributed by atoms with van der Waals surface area (Å²) in [5, 5.41) is 12.3. The van der Waals surface area contributed by atoms with E-state index in [4.69, 9.17) is 5.73 Å². The maximum absolute atomic E-state index is 14.9. The summed E-state index contributed by atoms with van der Waals surface area (Å²) < 4.78 is 29.9. The third-order valence-electron chi connectivity index (χ3n) is 8.54. The molecule has 2 aliphatic carbocycles. The number of likely N-dealkylation sites (tertiary alicyclic amines) is 2. The quantitative estimate of drug-likeness (QED) is 0.574. The number of nitrogens with two attached hydrogens (primary N) is 1. The van der Waals surface area contributed by atoms with Crippen LogP contribution in [0.15, 0.2) is 0 Å². The summed E-state index contributed by atoms with van der Waals surface area (Å²) in [5.41, 5.74) is 4.40. The van der Waals surface area contributed by atoms with Crippen molar-refractivity contribution in [1.29, 1.82) is 5.26 Å². The van der Waals surface area contributed by atoms with E-state index < -0.39 is 41.7 Å². The van der Waals surface area contributed by atoms with Crippen molar-refractivity contribution < 1.29 is 18.4 Å². The Morgan fingerprint density at radius 3 is 2.33 bits per heavy atom. The van der Waals surface area contributed by atoms with E-state index in [-0.39, 0.29) is 18.4 Å². The second-order valence-electron chi connectivity index (χ2n) is 10.9. The number of hydrogen-bond donors (Lipinski definition) is 2. The van der Waals surface area contributed by atoms with E-state index in [1.807, 2.05) is 0 Å². The van der Waals surface area contributed by atoms with Crippen LogP contribution in [0, 0.1) is 28.6 Å². The molecule has 4 rings (SSSR count). The van der Waals surface area contributed by atoms with Crippen LogP contribution in [0.5, 0.6) is 0 Å². The van der Waals surface area contributed by atoms with Crippen molar-refractivity contribution in [3.05, 3.63) is 0 Å². The lowest BCUT2D eigenvalue weighted by atomic mass is 9.59. The summed E-state index contributed by atoms with van der Waals surface area (Å²) in [5.74, 6) is -4.82. The highest BCUT2D eigenvalue weighted by molar-refractivity contribution is 5.81. The van der Waals surface area contributed by atoms with E-state index in [9.17, 15) is 23.6 Å². The highest BCUT2D eigenvalue weighted by Crippen LogP contribution is 2.51. The second-order valence-corrected chi connectivity index (χ2v) is 10.9. The van der Waals surface area contributed by atoms with Gasteiger partial charge < -0.3 is 20.9 Å². The maximum Gasteiger partial charge on any atom is 0.314 e. The van der Waals surface area contributed by atoms with Gasteiger partial charge in [0.05, 0.1) is 6.07 Å². The lowest BCUT2D eigenvalue weighted by Gasteiger charge is -2.54. The molecular weight excluding hydrogens is 428 g/mol. The number of nitrogens with one attached hydrogen (secondary N) is 1. The Balaban J connectivity index is 1.62. The minimum Gasteiger partial charge on any atom is -0.351 e. The number of piperidine rings is 2. The Morgan fingerprint density at radius 2 is 1.82 bits per heavy atom. The molecule has 0 aromatic carbocycles. The highest BCUT2D eigenvalue weighted by Gasteiger charge is 2.54. The fraction of sp³-hybridized carbons (Fsp3) is 0.875. The monoisotopic (exact) mass is 465 g/mol. The minimum atomic E-state index is -2.98. The van der Waals surface area contributed by atoms with Gasteiger partial charge in [0.25, 0.3) is 0 Å². The van der Waals surface area contributed by atoms with Crippen molar-refractivity contribution in [2.75, 3.05) is 26.2 Å². The van der Waals surface area contributed by atoms with Crippen molar-refractivity contribution in [1.82, 2.24) is 15.1 Å². The molecule has 184 valence electrons. The van der Waals surface area contributed by atoms with Crippen LogP contribution in [0.1, 0.15) is 71.1 Å². The number of urea groups is 1. The first-order valence-electron chi connectivity index (χ1n) is 12.5. The second kappa shape index (κ2) is 9.01. The average molecular weight is 466 g/mol. The standard InChI is InChI=1S/C24H37F2N5O2/c1-2-5-24(25,26)14-18(20(32)29-23(16-27)6-7-23)19-15-31(21(28)33)13-10-22(19)8-11-30(12-9-22)17-3-4-17/h17-19H,2-15H2,1H3,(H2,28,33)(H,29,32)/t18-,19?/m0/s1. The molecule has 1 unspecified atom stereocenters. The largest absolute Gasteiger partial charge is 0.351 e. The van der Waals surface area contributed by atoms with E-state index in [0.717, 1.165) is 25.9 Å². The molecule has 7 nitrogen and oxygen atoms in total. The van der Waals surface area contributed by atoms with Crippen LogP contribution in [0.25, 0.3) is 0 Å². The molecule has 2 atom stereocenters. The predicted molar refractivity (Wildman–Crippen MR) is 119 cm³/mol. The molecule has 0 aromatic heterocycles. The number of amides is 3. The van der Waals surface area contributed by atoms with Gasteiger partial charge in [-0.2, -0.15) is 5.26 Å². The van der Waals surface area contributed by atoms with Crippen molar-refractivity contribution in [3.63, 3.8) is 0 Å². The molecule has 33 heavy (non-hydrogen) atoms. The average Bonchev–Trinajstić information content (AvgIpc) is 3.69. The van der Waals surface area contributed by atoms with Gasteiger partial charge in [0.1, 0.15) is 5.54 Å². The third-order valence-corrected chi connectivity index (χ3v) is 8.54. The van der Waals surface area contributed by atoms with Crippen LogP contribution in [0.4, 0.5) is 13.6 Å². The molecule has 3 amide bonds.